The monoisotopic (exact) mass is 383 g/mol. The first kappa shape index (κ1) is 18.1. The lowest BCUT2D eigenvalue weighted by molar-refractivity contribution is 0.0683. The minimum Gasteiger partial charge on any atom is -0.455 e. The highest BCUT2D eigenvalue weighted by Crippen LogP contribution is 2.37. The molecule has 2 aromatic heterocycles. The van der Waals surface area contributed by atoms with Gasteiger partial charge in [-0.25, -0.2) is 18.1 Å². The van der Waals surface area contributed by atoms with Gasteiger partial charge in [0.05, 0.1) is 34.4 Å². The molecular formula is C16H21N3O4S2. The van der Waals surface area contributed by atoms with Gasteiger partial charge in [-0.3, -0.25) is 4.79 Å². The van der Waals surface area contributed by atoms with Crippen LogP contribution in [-0.4, -0.2) is 37.5 Å². The quantitative estimate of drug-likeness (QED) is 0.855. The summed E-state index contributed by atoms with van der Waals surface area (Å²) in [5.41, 5.74) is 1.09. The van der Waals surface area contributed by atoms with E-state index in [1.165, 1.54) is 0 Å². The van der Waals surface area contributed by atoms with Gasteiger partial charge in [-0.2, -0.15) is 0 Å². The van der Waals surface area contributed by atoms with Gasteiger partial charge in [0, 0.05) is 7.05 Å². The van der Waals surface area contributed by atoms with E-state index in [1.807, 2.05) is 6.92 Å². The second-order valence-electron chi connectivity index (χ2n) is 6.23. The van der Waals surface area contributed by atoms with E-state index in [4.69, 9.17) is 4.42 Å². The fraction of sp³-hybridized carbons (Fsp3) is 0.500. The number of carbonyl (C=O) groups excluding carboxylic acids is 1. The van der Waals surface area contributed by atoms with Gasteiger partial charge in [-0.05, 0) is 38.3 Å². The third-order valence-corrected chi connectivity index (χ3v) is 5.98. The molecule has 0 aliphatic heterocycles. The topological polar surface area (TPSA) is 92.5 Å². The lowest BCUT2D eigenvalue weighted by Crippen LogP contribution is -2.32. The largest absolute Gasteiger partial charge is 0.455 e. The highest BCUT2D eigenvalue weighted by atomic mass is 32.2. The van der Waals surface area contributed by atoms with Crippen LogP contribution in [0.2, 0.25) is 0 Å². The van der Waals surface area contributed by atoms with Gasteiger partial charge in [-0.1, -0.05) is 0 Å². The van der Waals surface area contributed by atoms with Crippen LogP contribution in [0, 0.1) is 6.92 Å². The number of nitrogens with one attached hydrogen (secondary N) is 1. The molecule has 2 aromatic rings. The van der Waals surface area contributed by atoms with E-state index >= 15 is 0 Å². The zero-order chi connectivity index (χ0) is 18.2. The normalized spacial score (nSPS) is 17.3. The van der Waals surface area contributed by atoms with E-state index in [2.05, 4.69) is 9.71 Å². The van der Waals surface area contributed by atoms with Crippen LogP contribution in [0.5, 0.6) is 0 Å². The number of rotatable bonds is 5. The fourth-order valence-electron chi connectivity index (χ4n) is 2.99. The van der Waals surface area contributed by atoms with Crippen LogP contribution in [0.25, 0.3) is 0 Å². The standard InChI is InChI=1S/C16H21N3O4S2/c1-10-18-12-5-4-6-13(15(12)24-10)19(2)16(20)14-8-7-11(23-14)9-17-25(3,21)22/h7-8,13,17H,4-6,9H2,1-3H3. The Kier molecular flexibility index (Phi) is 4.99. The minimum atomic E-state index is -3.31. The average molecular weight is 383 g/mol. The Bertz CT molecular complexity index is 885. The third kappa shape index (κ3) is 4.10. The van der Waals surface area contributed by atoms with Crippen molar-refractivity contribution in [3.63, 3.8) is 0 Å². The Balaban J connectivity index is 1.74. The molecule has 0 fully saturated rings. The Morgan fingerprint density at radius 1 is 1.48 bits per heavy atom. The number of aryl methyl sites for hydroxylation is 2. The molecule has 0 spiro atoms. The summed E-state index contributed by atoms with van der Waals surface area (Å²) in [5, 5.41) is 1.02. The zero-order valence-electron chi connectivity index (χ0n) is 14.4. The van der Waals surface area contributed by atoms with Crippen LogP contribution >= 0.6 is 11.3 Å². The molecule has 1 aliphatic carbocycles. The Morgan fingerprint density at radius 2 is 2.24 bits per heavy atom. The number of nitrogens with zero attached hydrogens (tertiary/aromatic N) is 2. The highest BCUT2D eigenvalue weighted by molar-refractivity contribution is 7.88. The summed E-state index contributed by atoms with van der Waals surface area (Å²) in [7, 11) is -1.54. The number of hydrogen-bond donors (Lipinski definition) is 1. The maximum atomic E-state index is 12.8. The number of thiazole rings is 1. The van der Waals surface area contributed by atoms with E-state index < -0.39 is 10.0 Å². The van der Waals surface area contributed by atoms with Crippen LogP contribution < -0.4 is 4.72 Å². The first-order valence-corrected chi connectivity index (χ1v) is 10.7. The molecule has 2 heterocycles. The number of sulfonamides is 1. The van der Waals surface area contributed by atoms with Crippen LogP contribution in [0.1, 0.15) is 50.8 Å². The maximum Gasteiger partial charge on any atom is 0.289 e. The maximum absolute atomic E-state index is 12.8. The zero-order valence-corrected chi connectivity index (χ0v) is 16.0. The number of fused-ring (bicyclic) bond motifs is 1. The first-order chi connectivity index (χ1) is 11.7. The minimum absolute atomic E-state index is 0.00476. The van der Waals surface area contributed by atoms with Crippen molar-refractivity contribution in [1.82, 2.24) is 14.6 Å². The number of furan rings is 1. The number of aromatic nitrogens is 1. The third-order valence-electron chi connectivity index (χ3n) is 4.20. The van der Waals surface area contributed by atoms with Crippen molar-refractivity contribution in [1.29, 1.82) is 0 Å². The second kappa shape index (κ2) is 6.89. The van der Waals surface area contributed by atoms with Gasteiger partial charge in [0.2, 0.25) is 10.0 Å². The smallest absolute Gasteiger partial charge is 0.289 e. The molecule has 136 valence electrons. The molecule has 0 radical (unpaired) electrons. The lowest BCUT2D eigenvalue weighted by atomic mass is 9.97. The molecule has 0 bridgehead atoms. The van der Waals surface area contributed by atoms with E-state index in [9.17, 15) is 13.2 Å². The van der Waals surface area contributed by atoms with E-state index in [-0.39, 0.29) is 24.3 Å². The molecule has 1 N–H and O–H groups in total. The van der Waals surface area contributed by atoms with E-state index in [0.29, 0.717) is 5.76 Å². The van der Waals surface area contributed by atoms with Gasteiger partial charge in [0.1, 0.15) is 5.76 Å². The van der Waals surface area contributed by atoms with Crippen molar-refractivity contribution < 1.29 is 17.6 Å². The van der Waals surface area contributed by atoms with Crippen LogP contribution in [-0.2, 0) is 23.0 Å². The molecular weight excluding hydrogens is 362 g/mol. The number of hydrogen-bond acceptors (Lipinski definition) is 6. The molecule has 25 heavy (non-hydrogen) atoms. The molecule has 3 rings (SSSR count). The van der Waals surface area contributed by atoms with Crippen molar-refractivity contribution >= 4 is 27.3 Å². The summed E-state index contributed by atoms with van der Waals surface area (Å²) < 4.78 is 30.2. The van der Waals surface area contributed by atoms with Crippen molar-refractivity contribution in [2.24, 2.45) is 0 Å². The van der Waals surface area contributed by atoms with E-state index in [0.717, 1.165) is 41.1 Å². The lowest BCUT2D eigenvalue weighted by Gasteiger charge is -2.30. The van der Waals surface area contributed by atoms with Gasteiger partial charge < -0.3 is 9.32 Å². The molecule has 0 aromatic carbocycles. The van der Waals surface area contributed by atoms with Crippen LogP contribution in [0.4, 0.5) is 0 Å². The van der Waals surface area contributed by atoms with Crippen molar-refractivity contribution in [2.75, 3.05) is 13.3 Å². The Hall–Kier alpha value is -1.71. The average Bonchev–Trinajstić information content (AvgIpc) is 3.15. The van der Waals surface area contributed by atoms with Crippen LogP contribution in [0.15, 0.2) is 16.5 Å². The molecule has 1 atom stereocenters. The molecule has 7 nitrogen and oxygen atoms in total. The summed E-state index contributed by atoms with van der Waals surface area (Å²) in [6.45, 7) is 2.01. The summed E-state index contributed by atoms with van der Waals surface area (Å²) in [6.07, 6.45) is 3.94. The van der Waals surface area contributed by atoms with Crippen molar-refractivity contribution in [3.8, 4) is 0 Å². The molecule has 0 saturated carbocycles. The second-order valence-corrected chi connectivity index (χ2v) is 9.29. The fourth-order valence-corrected chi connectivity index (χ4v) is 4.55. The molecule has 1 aliphatic rings. The Labute approximate surface area is 151 Å². The SMILES string of the molecule is Cc1nc2c(s1)C(N(C)C(=O)c1ccc(CNS(C)(=O)=O)o1)CCC2. The summed E-state index contributed by atoms with van der Waals surface area (Å²) in [6, 6.07) is 3.20. The highest BCUT2D eigenvalue weighted by Gasteiger charge is 2.31. The summed E-state index contributed by atoms with van der Waals surface area (Å²) in [4.78, 5) is 20.2. The van der Waals surface area contributed by atoms with Gasteiger partial charge in [-0.15, -0.1) is 11.3 Å². The summed E-state index contributed by atoms with van der Waals surface area (Å²) in [5.74, 6) is 0.399. The Morgan fingerprint density at radius 3 is 2.96 bits per heavy atom. The first-order valence-electron chi connectivity index (χ1n) is 8.01. The van der Waals surface area contributed by atoms with Crippen molar-refractivity contribution in [2.45, 2.75) is 38.8 Å². The van der Waals surface area contributed by atoms with Gasteiger partial charge in [0.15, 0.2) is 5.76 Å². The van der Waals surface area contributed by atoms with Gasteiger partial charge in [0.25, 0.3) is 5.91 Å². The predicted octanol–water partition coefficient (Wildman–Crippen LogP) is 2.24. The predicted molar refractivity (Wildman–Crippen MR) is 95.0 cm³/mol. The number of carbonyl (C=O) groups is 1. The molecule has 1 unspecified atom stereocenters. The summed E-state index contributed by atoms with van der Waals surface area (Å²) >= 11 is 1.64. The molecule has 0 saturated heterocycles. The van der Waals surface area contributed by atoms with Gasteiger partial charge >= 0.3 is 0 Å². The van der Waals surface area contributed by atoms with Crippen molar-refractivity contribution in [3.05, 3.63) is 39.2 Å². The molecule has 9 heteroatoms. The van der Waals surface area contributed by atoms with Crippen LogP contribution in [0.3, 0.4) is 0 Å². The molecule has 1 amide bonds. The number of amides is 1. The van der Waals surface area contributed by atoms with E-state index in [1.54, 1.807) is 35.4 Å².